The van der Waals surface area contributed by atoms with E-state index in [2.05, 4.69) is 29.6 Å². The molecule has 0 heterocycles. The minimum atomic E-state index is -1.04. The largest absolute Gasteiger partial charge is 0.465 e. The van der Waals surface area contributed by atoms with Crippen LogP contribution in [0.1, 0.15) is 0 Å². The van der Waals surface area contributed by atoms with E-state index in [1.807, 2.05) is 30.3 Å². The molecule has 0 spiro atoms. The van der Waals surface area contributed by atoms with Gasteiger partial charge in [0.2, 0.25) is 0 Å². The van der Waals surface area contributed by atoms with Crippen LogP contribution in [0.3, 0.4) is 0 Å². The van der Waals surface area contributed by atoms with Crippen molar-refractivity contribution in [2.75, 3.05) is 5.32 Å². The van der Waals surface area contributed by atoms with Crippen LogP contribution in [-0.2, 0) is 0 Å². The normalized spacial score (nSPS) is 11.4. The molecule has 3 heteroatoms. The predicted molar refractivity (Wildman–Crippen MR) is 81.8 cm³/mol. The van der Waals surface area contributed by atoms with Gasteiger partial charge in [-0.25, -0.2) is 4.79 Å². The van der Waals surface area contributed by atoms with Crippen LogP contribution in [0.25, 0.3) is 32.3 Å². The molecule has 96 valence electrons. The van der Waals surface area contributed by atoms with Crippen molar-refractivity contribution < 1.29 is 9.90 Å². The van der Waals surface area contributed by atoms with E-state index in [1.54, 1.807) is 0 Å². The minimum Gasteiger partial charge on any atom is -0.465 e. The zero-order chi connectivity index (χ0) is 13.7. The lowest BCUT2D eigenvalue weighted by atomic mass is 9.93. The van der Waals surface area contributed by atoms with Gasteiger partial charge in [-0.3, -0.25) is 5.32 Å². The maximum atomic E-state index is 10.9. The number of carboxylic acid groups (broad SMARTS) is 1. The quantitative estimate of drug-likeness (QED) is 0.489. The van der Waals surface area contributed by atoms with Gasteiger partial charge in [0.05, 0.1) is 5.69 Å². The zero-order valence-corrected chi connectivity index (χ0v) is 10.6. The minimum absolute atomic E-state index is 0.628. The smallest absolute Gasteiger partial charge is 0.409 e. The van der Waals surface area contributed by atoms with Gasteiger partial charge in [-0.05, 0) is 33.0 Å². The van der Waals surface area contributed by atoms with Gasteiger partial charge in [0.15, 0.2) is 0 Å². The second kappa shape index (κ2) is 3.84. The topological polar surface area (TPSA) is 49.3 Å². The Hall–Kier alpha value is -2.81. The van der Waals surface area contributed by atoms with Crippen molar-refractivity contribution in [1.29, 1.82) is 0 Å². The van der Waals surface area contributed by atoms with Crippen LogP contribution >= 0.6 is 0 Å². The monoisotopic (exact) mass is 261 g/mol. The third-order valence-electron chi connectivity index (χ3n) is 3.77. The first kappa shape index (κ1) is 11.1. The van der Waals surface area contributed by atoms with Gasteiger partial charge in [0.25, 0.3) is 0 Å². The SMILES string of the molecule is O=C(O)Nc1ccc2ccc3cccc4ccc1c2c34. The molecule has 20 heavy (non-hydrogen) atoms. The van der Waals surface area contributed by atoms with Crippen molar-refractivity contribution >= 4 is 44.1 Å². The van der Waals surface area contributed by atoms with E-state index in [9.17, 15) is 4.79 Å². The van der Waals surface area contributed by atoms with Crippen molar-refractivity contribution in [3.63, 3.8) is 0 Å². The Morgan fingerprint density at radius 3 is 2.10 bits per heavy atom. The zero-order valence-electron chi connectivity index (χ0n) is 10.6. The van der Waals surface area contributed by atoms with Crippen LogP contribution in [0.15, 0.2) is 54.6 Å². The standard InChI is InChI=1S/C17H11NO2/c19-17(20)18-14-9-7-12-5-4-10-2-1-3-11-6-8-13(14)16(12)15(10)11/h1-9,18H,(H,19,20). The van der Waals surface area contributed by atoms with Gasteiger partial charge in [-0.1, -0.05) is 48.5 Å². The molecule has 0 bridgehead atoms. The summed E-state index contributed by atoms with van der Waals surface area (Å²) in [5.74, 6) is 0. The van der Waals surface area contributed by atoms with Gasteiger partial charge < -0.3 is 5.11 Å². The summed E-state index contributed by atoms with van der Waals surface area (Å²) in [5.41, 5.74) is 0.628. The molecule has 0 aliphatic carbocycles. The molecular weight excluding hydrogens is 250 g/mol. The molecule has 4 aromatic rings. The molecule has 1 amide bonds. The maximum absolute atomic E-state index is 10.9. The highest BCUT2D eigenvalue weighted by molar-refractivity contribution is 6.25. The summed E-state index contributed by atoms with van der Waals surface area (Å²) >= 11 is 0. The van der Waals surface area contributed by atoms with Gasteiger partial charge in [0.1, 0.15) is 0 Å². The first-order chi connectivity index (χ1) is 9.74. The van der Waals surface area contributed by atoms with E-state index in [-0.39, 0.29) is 0 Å². The highest BCUT2D eigenvalue weighted by Crippen LogP contribution is 2.37. The Balaban J connectivity index is 2.23. The maximum Gasteiger partial charge on any atom is 0.409 e. The van der Waals surface area contributed by atoms with E-state index >= 15 is 0 Å². The van der Waals surface area contributed by atoms with Crippen LogP contribution in [0, 0.1) is 0 Å². The average molecular weight is 261 g/mol. The fraction of sp³-hybridized carbons (Fsp3) is 0. The number of benzene rings is 4. The van der Waals surface area contributed by atoms with Crippen LogP contribution in [0.4, 0.5) is 10.5 Å². The van der Waals surface area contributed by atoms with E-state index < -0.39 is 6.09 Å². The molecule has 0 fully saturated rings. The second-order valence-electron chi connectivity index (χ2n) is 4.90. The number of hydrogen-bond acceptors (Lipinski definition) is 1. The van der Waals surface area contributed by atoms with Crippen LogP contribution in [-0.4, -0.2) is 11.2 Å². The van der Waals surface area contributed by atoms with E-state index in [0.29, 0.717) is 5.69 Å². The predicted octanol–water partition coefficient (Wildman–Crippen LogP) is 4.67. The summed E-state index contributed by atoms with van der Waals surface area (Å²) < 4.78 is 0. The Kier molecular flexibility index (Phi) is 2.12. The lowest BCUT2D eigenvalue weighted by molar-refractivity contribution is 0.210. The average Bonchev–Trinajstić information content (AvgIpc) is 2.46. The molecule has 0 saturated heterocycles. The van der Waals surface area contributed by atoms with Crippen LogP contribution < -0.4 is 5.32 Å². The molecule has 4 rings (SSSR count). The van der Waals surface area contributed by atoms with Crippen molar-refractivity contribution in [3.8, 4) is 0 Å². The van der Waals surface area contributed by atoms with E-state index in [1.165, 1.54) is 16.2 Å². The van der Waals surface area contributed by atoms with E-state index in [4.69, 9.17) is 5.11 Å². The highest BCUT2D eigenvalue weighted by atomic mass is 16.4. The summed E-state index contributed by atoms with van der Waals surface area (Å²) in [7, 11) is 0. The van der Waals surface area contributed by atoms with E-state index in [0.717, 1.165) is 16.2 Å². The van der Waals surface area contributed by atoms with Crippen LogP contribution in [0.5, 0.6) is 0 Å². The van der Waals surface area contributed by atoms with Gasteiger partial charge in [-0.2, -0.15) is 0 Å². The number of anilines is 1. The highest BCUT2D eigenvalue weighted by Gasteiger charge is 2.11. The number of rotatable bonds is 1. The molecule has 0 aliphatic rings. The Morgan fingerprint density at radius 1 is 0.800 bits per heavy atom. The first-order valence-corrected chi connectivity index (χ1v) is 6.40. The Labute approximate surface area is 114 Å². The molecule has 4 aromatic carbocycles. The summed E-state index contributed by atoms with van der Waals surface area (Å²) in [6.07, 6.45) is -1.04. The third-order valence-corrected chi connectivity index (χ3v) is 3.77. The molecule has 0 atom stereocenters. The molecule has 0 aromatic heterocycles. The van der Waals surface area contributed by atoms with Gasteiger partial charge in [-0.15, -0.1) is 0 Å². The van der Waals surface area contributed by atoms with Crippen molar-refractivity contribution in [3.05, 3.63) is 54.6 Å². The molecule has 0 radical (unpaired) electrons. The fourth-order valence-electron chi connectivity index (χ4n) is 2.96. The van der Waals surface area contributed by atoms with Gasteiger partial charge in [0, 0.05) is 5.39 Å². The van der Waals surface area contributed by atoms with Crippen molar-refractivity contribution in [2.45, 2.75) is 0 Å². The third kappa shape index (κ3) is 1.43. The lowest BCUT2D eigenvalue weighted by Gasteiger charge is -2.13. The number of nitrogens with one attached hydrogen (secondary N) is 1. The summed E-state index contributed by atoms with van der Waals surface area (Å²) in [6, 6.07) is 18.2. The molecule has 0 saturated carbocycles. The number of carbonyl (C=O) groups is 1. The summed E-state index contributed by atoms with van der Waals surface area (Å²) in [6.45, 7) is 0. The molecular formula is C17H11NO2. The molecule has 0 aliphatic heterocycles. The van der Waals surface area contributed by atoms with Crippen molar-refractivity contribution in [1.82, 2.24) is 0 Å². The summed E-state index contributed by atoms with van der Waals surface area (Å²) in [5, 5.41) is 18.1. The summed E-state index contributed by atoms with van der Waals surface area (Å²) in [4.78, 5) is 10.9. The number of hydrogen-bond donors (Lipinski definition) is 2. The van der Waals surface area contributed by atoms with Crippen molar-refractivity contribution in [2.24, 2.45) is 0 Å². The van der Waals surface area contributed by atoms with Gasteiger partial charge >= 0.3 is 6.09 Å². The first-order valence-electron chi connectivity index (χ1n) is 6.40. The molecule has 0 unspecified atom stereocenters. The number of amides is 1. The Bertz CT molecular complexity index is 943. The fourth-order valence-corrected chi connectivity index (χ4v) is 2.96. The molecule has 2 N–H and O–H groups in total. The second-order valence-corrected chi connectivity index (χ2v) is 4.90. The lowest BCUT2D eigenvalue weighted by Crippen LogP contribution is -2.07. The van der Waals surface area contributed by atoms with Crippen LogP contribution in [0.2, 0.25) is 0 Å². The Morgan fingerprint density at radius 2 is 1.40 bits per heavy atom. The molecule has 3 nitrogen and oxygen atoms in total.